The Morgan fingerprint density at radius 3 is 2.83 bits per heavy atom. The van der Waals surface area contributed by atoms with E-state index in [0.29, 0.717) is 13.0 Å². The lowest BCUT2D eigenvalue weighted by Crippen LogP contribution is -2.17. The molecule has 1 aromatic carbocycles. The number of nitrogens with zero attached hydrogens (tertiary/aromatic N) is 4. The van der Waals surface area contributed by atoms with Crippen molar-refractivity contribution in [2.45, 2.75) is 19.4 Å². The Morgan fingerprint density at radius 1 is 1.29 bits per heavy atom. The number of halogens is 1. The fourth-order valence-corrected chi connectivity index (χ4v) is 2.45. The lowest BCUT2D eigenvalue weighted by molar-refractivity contribution is -0.120. The van der Waals surface area contributed by atoms with Crippen molar-refractivity contribution in [3.05, 3.63) is 54.9 Å². The molecule has 3 rings (SSSR count). The topological polar surface area (TPSA) is 64.7 Å². The largest absolute Gasteiger partial charge is 0.359 e. The second kappa shape index (κ2) is 7.08. The summed E-state index contributed by atoms with van der Waals surface area (Å²) in [6, 6.07) is 6.22. The number of benzene rings is 1. The van der Waals surface area contributed by atoms with Gasteiger partial charge in [0, 0.05) is 44.2 Å². The number of carbonyl (C=O) groups excluding carboxylic acids is 1. The number of hydrogen-bond donors (Lipinski definition) is 1. The van der Waals surface area contributed by atoms with Crippen molar-refractivity contribution in [3.8, 4) is 17.1 Å². The van der Waals surface area contributed by atoms with E-state index in [4.69, 9.17) is 0 Å². The lowest BCUT2D eigenvalue weighted by atomic mass is 10.2. The van der Waals surface area contributed by atoms with Crippen molar-refractivity contribution >= 4 is 5.91 Å². The third kappa shape index (κ3) is 3.51. The minimum absolute atomic E-state index is 0.0237. The van der Waals surface area contributed by atoms with E-state index in [1.54, 1.807) is 36.3 Å². The molecule has 7 heteroatoms. The van der Waals surface area contributed by atoms with Crippen LogP contribution in [0.1, 0.15) is 12.8 Å². The third-order valence-corrected chi connectivity index (χ3v) is 3.71. The van der Waals surface area contributed by atoms with Crippen molar-refractivity contribution in [3.63, 3.8) is 0 Å². The molecular formula is C17H18FN5O. The number of carbonyl (C=O) groups is 1. The highest BCUT2D eigenvalue weighted by Crippen LogP contribution is 2.21. The Hall–Kier alpha value is -2.96. The van der Waals surface area contributed by atoms with Gasteiger partial charge in [-0.1, -0.05) is 0 Å². The number of rotatable bonds is 6. The van der Waals surface area contributed by atoms with E-state index >= 15 is 0 Å². The molecule has 0 aliphatic carbocycles. The van der Waals surface area contributed by atoms with Crippen LogP contribution in [0.4, 0.5) is 4.39 Å². The maximum Gasteiger partial charge on any atom is 0.219 e. The molecule has 2 heterocycles. The van der Waals surface area contributed by atoms with Gasteiger partial charge in [-0.05, 0) is 30.7 Å². The van der Waals surface area contributed by atoms with Gasteiger partial charge in [0.15, 0.2) is 0 Å². The minimum atomic E-state index is -0.277. The summed E-state index contributed by atoms with van der Waals surface area (Å²) in [5.74, 6) is 0.469. The van der Waals surface area contributed by atoms with Gasteiger partial charge in [0.25, 0.3) is 0 Å². The van der Waals surface area contributed by atoms with Crippen LogP contribution in [0, 0.1) is 5.82 Å². The van der Waals surface area contributed by atoms with Crippen LogP contribution in [0.5, 0.6) is 0 Å². The molecule has 0 atom stereocenters. The molecule has 0 bridgehead atoms. The van der Waals surface area contributed by atoms with Crippen LogP contribution in [-0.2, 0) is 11.3 Å². The van der Waals surface area contributed by atoms with Crippen molar-refractivity contribution in [1.82, 2.24) is 24.6 Å². The van der Waals surface area contributed by atoms with E-state index in [0.717, 1.165) is 23.5 Å². The maximum atomic E-state index is 13.1. The smallest absolute Gasteiger partial charge is 0.219 e. The zero-order valence-corrected chi connectivity index (χ0v) is 13.3. The summed E-state index contributed by atoms with van der Waals surface area (Å²) in [4.78, 5) is 15.6. The van der Waals surface area contributed by atoms with Crippen molar-refractivity contribution in [2.24, 2.45) is 0 Å². The van der Waals surface area contributed by atoms with Crippen molar-refractivity contribution in [2.75, 3.05) is 7.05 Å². The highest BCUT2D eigenvalue weighted by Gasteiger charge is 2.10. The first-order valence-corrected chi connectivity index (χ1v) is 7.70. The summed E-state index contributed by atoms with van der Waals surface area (Å²) in [5.41, 5.74) is 1.69. The fraction of sp³-hybridized carbons (Fsp3) is 0.235. The second-order valence-corrected chi connectivity index (χ2v) is 5.37. The predicted octanol–water partition coefficient (Wildman–Crippen LogP) is 2.40. The van der Waals surface area contributed by atoms with Crippen LogP contribution >= 0.6 is 0 Å². The quantitative estimate of drug-likeness (QED) is 0.756. The van der Waals surface area contributed by atoms with Gasteiger partial charge in [-0.15, -0.1) is 0 Å². The summed E-state index contributed by atoms with van der Waals surface area (Å²) >= 11 is 0. The van der Waals surface area contributed by atoms with E-state index in [2.05, 4.69) is 15.4 Å². The highest BCUT2D eigenvalue weighted by molar-refractivity contribution is 5.75. The number of nitrogens with one attached hydrogen (secondary N) is 1. The molecule has 24 heavy (non-hydrogen) atoms. The van der Waals surface area contributed by atoms with Gasteiger partial charge in [-0.25, -0.2) is 9.37 Å². The zero-order valence-electron chi connectivity index (χ0n) is 13.3. The van der Waals surface area contributed by atoms with Gasteiger partial charge in [0.2, 0.25) is 5.91 Å². The second-order valence-electron chi connectivity index (χ2n) is 5.37. The predicted molar refractivity (Wildman–Crippen MR) is 88.0 cm³/mol. The molecule has 0 saturated carbocycles. The lowest BCUT2D eigenvalue weighted by Gasteiger charge is -2.05. The molecule has 6 nitrogen and oxygen atoms in total. The van der Waals surface area contributed by atoms with Gasteiger partial charge in [0.05, 0.1) is 11.9 Å². The summed E-state index contributed by atoms with van der Waals surface area (Å²) in [6.45, 7) is 0.661. The molecule has 3 aromatic rings. The molecule has 2 aromatic heterocycles. The van der Waals surface area contributed by atoms with E-state index in [9.17, 15) is 9.18 Å². The minimum Gasteiger partial charge on any atom is -0.359 e. The molecule has 0 radical (unpaired) electrons. The molecule has 1 amide bonds. The zero-order chi connectivity index (χ0) is 16.9. The van der Waals surface area contributed by atoms with Crippen LogP contribution < -0.4 is 5.32 Å². The maximum absolute atomic E-state index is 13.1. The summed E-state index contributed by atoms with van der Waals surface area (Å²) in [7, 11) is 1.63. The Labute approximate surface area is 138 Å². The van der Waals surface area contributed by atoms with Crippen LogP contribution in [0.15, 0.2) is 49.1 Å². The monoisotopic (exact) mass is 327 g/mol. The number of aryl methyl sites for hydroxylation is 1. The first-order valence-electron chi connectivity index (χ1n) is 7.70. The van der Waals surface area contributed by atoms with Gasteiger partial charge in [-0.2, -0.15) is 5.10 Å². The standard InChI is InChI=1S/C17H18FN5O/c1-19-16(24)3-2-9-22-12-15(11-21-22)23-10-8-20-17(23)13-4-6-14(18)7-5-13/h4-8,10-12H,2-3,9H2,1H3,(H,19,24). The van der Waals surface area contributed by atoms with Gasteiger partial charge in [-0.3, -0.25) is 14.0 Å². The first kappa shape index (κ1) is 15.9. The van der Waals surface area contributed by atoms with Gasteiger partial charge < -0.3 is 5.32 Å². The van der Waals surface area contributed by atoms with E-state index in [1.165, 1.54) is 12.1 Å². The Balaban J connectivity index is 1.75. The van der Waals surface area contributed by atoms with Crippen LogP contribution in [-0.4, -0.2) is 32.3 Å². The third-order valence-electron chi connectivity index (χ3n) is 3.71. The van der Waals surface area contributed by atoms with Gasteiger partial charge >= 0.3 is 0 Å². The number of aromatic nitrogens is 4. The molecule has 0 saturated heterocycles. The molecule has 1 N–H and O–H groups in total. The average molecular weight is 327 g/mol. The Kier molecular flexibility index (Phi) is 4.69. The van der Waals surface area contributed by atoms with Gasteiger partial charge in [0.1, 0.15) is 11.6 Å². The van der Waals surface area contributed by atoms with E-state index < -0.39 is 0 Å². The molecule has 0 fully saturated rings. The van der Waals surface area contributed by atoms with E-state index in [-0.39, 0.29) is 11.7 Å². The number of imidazole rings is 1. The average Bonchev–Trinajstić information content (AvgIpc) is 3.24. The molecule has 124 valence electrons. The number of amides is 1. The molecule has 0 aliphatic rings. The van der Waals surface area contributed by atoms with Crippen LogP contribution in [0.3, 0.4) is 0 Å². The molecule has 0 aliphatic heterocycles. The van der Waals surface area contributed by atoms with Crippen LogP contribution in [0.2, 0.25) is 0 Å². The molecule has 0 unspecified atom stereocenters. The Morgan fingerprint density at radius 2 is 2.08 bits per heavy atom. The van der Waals surface area contributed by atoms with Crippen molar-refractivity contribution in [1.29, 1.82) is 0 Å². The SMILES string of the molecule is CNC(=O)CCCn1cc(-n2ccnc2-c2ccc(F)cc2)cn1. The summed E-state index contributed by atoms with van der Waals surface area (Å²) < 4.78 is 16.8. The molecular weight excluding hydrogens is 309 g/mol. The van der Waals surface area contributed by atoms with Crippen molar-refractivity contribution < 1.29 is 9.18 Å². The number of hydrogen-bond acceptors (Lipinski definition) is 3. The Bertz CT molecular complexity index is 822. The summed E-state index contributed by atoms with van der Waals surface area (Å²) in [6.07, 6.45) is 8.37. The fourth-order valence-electron chi connectivity index (χ4n) is 2.45. The summed E-state index contributed by atoms with van der Waals surface area (Å²) in [5, 5.41) is 6.92. The van der Waals surface area contributed by atoms with Crippen LogP contribution in [0.25, 0.3) is 17.1 Å². The molecule has 0 spiro atoms. The highest BCUT2D eigenvalue weighted by atomic mass is 19.1. The first-order chi connectivity index (χ1) is 11.7. The normalized spacial score (nSPS) is 10.8. The van der Waals surface area contributed by atoms with E-state index in [1.807, 2.05) is 17.0 Å².